The van der Waals surface area contributed by atoms with E-state index in [0.29, 0.717) is 0 Å². The Labute approximate surface area is 88.6 Å². The molecule has 0 aromatic heterocycles. The van der Waals surface area contributed by atoms with E-state index in [2.05, 4.69) is 5.32 Å². The first-order chi connectivity index (χ1) is 7.00. The summed E-state index contributed by atoms with van der Waals surface area (Å²) in [4.78, 5) is 11.6. The Bertz CT molecular complexity index is 361. The monoisotopic (exact) mass is 209 g/mol. The van der Waals surface area contributed by atoms with Gasteiger partial charge in [0.25, 0.3) is 0 Å². The summed E-state index contributed by atoms with van der Waals surface area (Å²) in [6.07, 6.45) is 0. The molecule has 15 heavy (non-hydrogen) atoms. The van der Waals surface area contributed by atoms with Crippen LogP contribution in [0.1, 0.15) is 24.2 Å². The summed E-state index contributed by atoms with van der Waals surface area (Å²) in [6, 6.07) is 4.10. The topological polar surface area (TPSA) is 69.6 Å². The lowest BCUT2D eigenvalue weighted by molar-refractivity contribution is 0.0985. The van der Waals surface area contributed by atoms with E-state index in [0.717, 1.165) is 0 Å². The molecule has 82 valence electrons. The molecule has 0 heterocycles. The first-order valence-corrected chi connectivity index (χ1v) is 4.79. The first kappa shape index (κ1) is 11.5. The Morgan fingerprint density at radius 3 is 2.67 bits per heavy atom. The zero-order valence-electron chi connectivity index (χ0n) is 8.82. The highest BCUT2D eigenvalue weighted by Crippen LogP contribution is 2.22. The highest BCUT2D eigenvalue weighted by molar-refractivity contribution is 6.00. The maximum absolute atomic E-state index is 11.6. The van der Waals surface area contributed by atoms with Crippen molar-refractivity contribution in [2.45, 2.75) is 19.9 Å². The van der Waals surface area contributed by atoms with Gasteiger partial charge in [0, 0.05) is 6.04 Å². The highest BCUT2D eigenvalue weighted by atomic mass is 16.3. The molecule has 0 spiro atoms. The van der Waals surface area contributed by atoms with E-state index in [1.165, 1.54) is 18.2 Å². The van der Waals surface area contributed by atoms with Crippen LogP contribution in [0.2, 0.25) is 0 Å². The summed E-state index contributed by atoms with van der Waals surface area (Å²) in [5.74, 6) is -0.374. The normalized spacial score (nSPS) is 10.6. The molecule has 1 aromatic carbocycles. The zero-order chi connectivity index (χ0) is 11.4. The van der Waals surface area contributed by atoms with Crippen molar-refractivity contribution in [3.05, 3.63) is 23.8 Å². The number of hydrogen-bond acceptors (Lipinski definition) is 4. The summed E-state index contributed by atoms with van der Waals surface area (Å²) in [5, 5.41) is 21.5. The Morgan fingerprint density at radius 2 is 2.07 bits per heavy atom. The van der Waals surface area contributed by atoms with Gasteiger partial charge in [-0.15, -0.1) is 0 Å². The van der Waals surface area contributed by atoms with Crippen molar-refractivity contribution in [1.29, 1.82) is 0 Å². The Kier molecular flexibility index (Phi) is 3.68. The van der Waals surface area contributed by atoms with Gasteiger partial charge in [0.1, 0.15) is 11.5 Å². The molecular formula is C11H15NO3. The van der Waals surface area contributed by atoms with E-state index >= 15 is 0 Å². The fourth-order valence-electron chi connectivity index (χ4n) is 1.14. The van der Waals surface area contributed by atoms with E-state index in [1.807, 2.05) is 13.8 Å². The minimum absolute atomic E-state index is 0.0271. The third kappa shape index (κ3) is 3.25. The van der Waals surface area contributed by atoms with Crippen molar-refractivity contribution in [2.24, 2.45) is 0 Å². The average molecular weight is 209 g/mol. The molecule has 0 bridgehead atoms. The SMILES string of the molecule is CC(C)NCC(=O)c1cc(O)ccc1O. The highest BCUT2D eigenvalue weighted by Gasteiger charge is 2.11. The number of hydrogen-bond donors (Lipinski definition) is 3. The molecule has 0 radical (unpaired) electrons. The third-order valence-electron chi connectivity index (χ3n) is 1.95. The second kappa shape index (κ2) is 4.79. The van der Waals surface area contributed by atoms with Crippen LogP contribution in [-0.2, 0) is 0 Å². The number of carbonyl (C=O) groups excluding carboxylic acids is 1. The number of phenols is 2. The Morgan fingerprint density at radius 1 is 1.40 bits per heavy atom. The van der Waals surface area contributed by atoms with Crippen LogP contribution in [0, 0.1) is 0 Å². The predicted octanol–water partition coefficient (Wildman–Crippen LogP) is 1.28. The van der Waals surface area contributed by atoms with Crippen molar-refractivity contribution >= 4 is 5.78 Å². The van der Waals surface area contributed by atoms with Gasteiger partial charge >= 0.3 is 0 Å². The van der Waals surface area contributed by atoms with Gasteiger partial charge in [-0.25, -0.2) is 0 Å². The van der Waals surface area contributed by atoms with Gasteiger partial charge in [-0.05, 0) is 18.2 Å². The van der Waals surface area contributed by atoms with Crippen LogP contribution >= 0.6 is 0 Å². The van der Waals surface area contributed by atoms with Crippen LogP contribution in [-0.4, -0.2) is 28.6 Å². The lowest BCUT2D eigenvalue weighted by Gasteiger charge is -2.08. The number of carbonyl (C=O) groups is 1. The lowest BCUT2D eigenvalue weighted by atomic mass is 10.1. The molecule has 0 unspecified atom stereocenters. The van der Waals surface area contributed by atoms with Crippen LogP contribution in [0.3, 0.4) is 0 Å². The summed E-state index contributed by atoms with van der Waals surface area (Å²) >= 11 is 0. The molecule has 0 saturated heterocycles. The predicted molar refractivity (Wildman–Crippen MR) is 57.2 cm³/mol. The first-order valence-electron chi connectivity index (χ1n) is 4.79. The van der Waals surface area contributed by atoms with Crippen LogP contribution in [0.4, 0.5) is 0 Å². The van der Waals surface area contributed by atoms with E-state index in [4.69, 9.17) is 0 Å². The zero-order valence-corrected chi connectivity index (χ0v) is 8.82. The molecule has 0 fully saturated rings. The Balaban J connectivity index is 2.77. The fourth-order valence-corrected chi connectivity index (χ4v) is 1.14. The van der Waals surface area contributed by atoms with Gasteiger partial charge in [-0.3, -0.25) is 4.79 Å². The van der Waals surface area contributed by atoms with Gasteiger partial charge in [-0.1, -0.05) is 13.8 Å². The van der Waals surface area contributed by atoms with Gasteiger partial charge in [-0.2, -0.15) is 0 Å². The largest absolute Gasteiger partial charge is 0.508 e. The van der Waals surface area contributed by atoms with Crippen molar-refractivity contribution in [3.8, 4) is 11.5 Å². The van der Waals surface area contributed by atoms with Gasteiger partial charge in [0.15, 0.2) is 5.78 Å². The molecular weight excluding hydrogens is 194 g/mol. The molecule has 0 saturated carbocycles. The molecule has 0 atom stereocenters. The number of aromatic hydroxyl groups is 2. The molecule has 0 aliphatic carbocycles. The van der Waals surface area contributed by atoms with Crippen LogP contribution < -0.4 is 5.32 Å². The molecule has 0 aliphatic rings. The number of ketones is 1. The molecule has 4 heteroatoms. The second-order valence-corrected chi connectivity index (χ2v) is 3.66. The van der Waals surface area contributed by atoms with E-state index < -0.39 is 0 Å². The lowest BCUT2D eigenvalue weighted by Crippen LogP contribution is -2.29. The van der Waals surface area contributed by atoms with E-state index in [-0.39, 0.29) is 35.4 Å². The minimum Gasteiger partial charge on any atom is -0.508 e. The number of Topliss-reactive ketones (excluding diaryl/α,β-unsaturated/α-hetero) is 1. The fraction of sp³-hybridized carbons (Fsp3) is 0.364. The maximum Gasteiger partial charge on any atom is 0.180 e. The molecule has 4 nitrogen and oxygen atoms in total. The number of nitrogens with one attached hydrogen (secondary N) is 1. The smallest absolute Gasteiger partial charge is 0.180 e. The standard InChI is InChI=1S/C11H15NO3/c1-7(2)12-6-11(15)9-5-8(13)3-4-10(9)14/h3-5,7,12-14H,6H2,1-2H3. The summed E-state index contributed by atoms with van der Waals surface area (Å²) < 4.78 is 0. The summed E-state index contributed by atoms with van der Waals surface area (Å²) in [6.45, 7) is 4.00. The van der Waals surface area contributed by atoms with Gasteiger partial charge < -0.3 is 15.5 Å². The molecule has 1 aromatic rings. The average Bonchev–Trinajstić information content (AvgIpc) is 2.18. The molecule has 3 N–H and O–H groups in total. The second-order valence-electron chi connectivity index (χ2n) is 3.66. The molecule has 0 aliphatic heterocycles. The van der Waals surface area contributed by atoms with Crippen molar-refractivity contribution in [3.63, 3.8) is 0 Å². The number of rotatable bonds is 4. The number of phenolic OH excluding ortho intramolecular Hbond substituents is 2. The van der Waals surface area contributed by atoms with Crippen LogP contribution in [0.25, 0.3) is 0 Å². The van der Waals surface area contributed by atoms with Crippen molar-refractivity contribution < 1.29 is 15.0 Å². The summed E-state index contributed by atoms with van der Waals surface area (Å²) in [5.41, 5.74) is 0.142. The molecule has 1 rings (SSSR count). The Hall–Kier alpha value is -1.55. The quantitative estimate of drug-likeness (QED) is 0.516. The van der Waals surface area contributed by atoms with Crippen molar-refractivity contribution in [1.82, 2.24) is 5.32 Å². The molecule has 0 amide bonds. The van der Waals surface area contributed by atoms with Crippen LogP contribution in [0.15, 0.2) is 18.2 Å². The maximum atomic E-state index is 11.6. The summed E-state index contributed by atoms with van der Waals surface area (Å²) in [7, 11) is 0. The van der Waals surface area contributed by atoms with Gasteiger partial charge in [0.05, 0.1) is 12.1 Å². The number of benzene rings is 1. The van der Waals surface area contributed by atoms with Crippen molar-refractivity contribution in [2.75, 3.05) is 6.54 Å². The van der Waals surface area contributed by atoms with E-state index in [9.17, 15) is 15.0 Å². The van der Waals surface area contributed by atoms with Crippen LogP contribution in [0.5, 0.6) is 11.5 Å². The van der Waals surface area contributed by atoms with Gasteiger partial charge in [0.2, 0.25) is 0 Å². The minimum atomic E-state index is -0.239. The van der Waals surface area contributed by atoms with E-state index in [1.54, 1.807) is 0 Å². The third-order valence-corrected chi connectivity index (χ3v) is 1.95.